The van der Waals surface area contributed by atoms with Crippen LogP contribution < -0.4 is 15.4 Å². The van der Waals surface area contributed by atoms with Gasteiger partial charge in [0.25, 0.3) is 0 Å². The first-order valence-corrected chi connectivity index (χ1v) is 9.23. The molecule has 0 atom stereocenters. The standard InChI is InChI=1S/C19H27N5O2/c1-14-5-3-6-16(13-14)26-12-4-7-17(25)21-19-22-18(23-24(19)2)15-8-10-20-11-9-15/h3,5-6,13,15,20H,4,7-12H2,1-2H3,(H,21,22,23,25). The molecule has 0 saturated carbocycles. The summed E-state index contributed by atoms with van der Waals surface area (Å²) in [6, 6.07) is 7.90. The molecule has 1 fully saturated rings. The lowest BCUT2D eigenvalue weighted by Crippen LogP contribution is -2.27. The molecule has 0 radical (unpaired) electrons. The Hall–Kier alpha value is -2.41. The van der Waals surface area contributed by atoms with Crippen LogP contribution in [0.1, 0.15) is 43.0 Å². The monoisotopic (exact) mass is 357 g/mol. The number of carbonyl (C=O) groups is 1. The maximum absolute atomic E-state index is 12.2. The second-order valence-electron chi connectivity index (χ2n) is 6.76. The Kier molecular flexibility index (Phi) is 6.22. The zero-order chi connectivity index (χ0) is 18.4. The number of hydrogen-bond acceptors (Lipinski definition) is 5. The first-order chi connectivity index (χ1) is 12.6. The third-order valence-corrected chi connectivity index (χ3v) is 4.54. The maximum Gasteiger partial charge on any atom is 0.227 e. The lowest BCUT2D eigenvalue weighted by molar-refractivity contribution is -0.116. The van der Waals surface area contributed by atoms with E-state index in [4.69, 9.17) is 4.74 Å². The highest BCUT2D eigenvalue weighted by atomic mass is 16.5. The summed E-state index contributed by atoms with van der Waals surface area (Å²) >= 11 is 0. The third kappa shape index (κ3) is 5.05. The minimum atomic E-state index is -0.0646. The first-order valence-electron chi connectivity index (χ1n) is 9.23. The molecule has 1 aliphatic heterocycles. The Morgan fingerprint density at radius 1 is 1.38 bits per heavy atom. The molecule has 7 heteroatoms. The molecule has 1 aliphatic rings. The van der Waals surface area contributed by atoms with Gasteiger partial charge in [0.05, 0.1) is 6.61 Å². The average Bonchev–Trinajstić information content (AvgIpc) is 3.00. The fraction of sp³-hybridized carbons (Fsp3) is 0.526. The number of aryl methyl sites for hydroxylation is 2. The Bertz CT molecular complexity index is 737. The van der Waals surface area contributed by atoms with E-state index in [0.29, 0.717) is 31.3 Å². The summed E-state index contributed by atoms with van der Waals surface area (Å²) in [5.41, 5.74) is 1.16. The Balaban J connectivity index is 1.43. The second kappa shape index (κ2) is 8.80. The molecular weight excluding hydrogens is 330 g/mol. The van der Waals surface area contributed by atoms with Crippen LogP contribution in [0.15, 0.2) is 24.3 Å². The van der Waals surface area contributed by atoms with Crippen molar-refractivity contribution in [1.29, 1.82) is 0 Å². The van der Waals surface area contributed by atoms with E-state index in [9.17, 15) is 4.79 Å². The maximum atomic E-state index is 12.2. The van der Waals surface area contributed by atoms with Crippen molar-refractivity contribution in [3.63, 3.8) is 0 Å². The van der Waals surface area contributed by atoms with Crippen molar-refractivity contribution >= 4 is 11.9 Å². The quantitative estimate of drug-likeness (QED) is 0.744. The van der Waals surface area contributed by atoms with Crippen LogP contribution in [-0.2, 0) is 11.8 Å². The SMILES string of the molecule is Cc1cccc(OCCCC(=O)Nc2nc(C3CCNCC3)nn2C)c1. The molecule has 0 spiro atoms. The van der Waals surface area contributed by atoms with E-state index >= 15 is 0 Å². The summed E-state index contributed by atoms with van der Waals surface area (Å²) in [5, 5.41) is 10.7. The van der Waals surface area contributed by atoms with Gasteiger partial charge >= 0.3 is 0 Å². The van der Waals surface area contributed by atoms with Crippen molar-refractivity contribution in [2.45, 2.75) is 38.5 Å². The minimum absolute atomic E-state index is 0.0646. The van der Waals surface area contributed by atoms with Gasteiger partial charge in [-0.2, -0.15) is 10.1 Å². The van der Waals surface area contributed by atoms with Crippen molar-refractivity contribution in [3.05, 3.63) is 35.7 Å². The van der Waals surface area contributed by atoms with Crippen LogP contribution in [0, 0.1) is 6.92 Å². The lowest BCUT2D eigenvalue weighted by Gasteiger charge is -2.19. The topological polar surface area (TPSA) is 81.1 Å². The predicted molar refractivity (Wildman–Crippen MR) is 100 cm³/mol. The molecule has 3 rings (SSSR count). The van der Waals surface area contributed by atoms with Crippen LogP contribution in [0.2, 0.25) is 0 Å². The minimum Gasteiger partial charge on any atom is -0.494 e. The molecule has 0 unspecified atom stereocenters. The molecule has 1 amide bonds. The predicted octanol–water partition coefficient (Wildman–Crippen LogP) is 2.39. The normalized spacial score (nSPS) is 15.0. The third-order valence-electron chi connectivity index (χ3n) is 4.54. The van der Waals surface area contributed by atoms with E-state index in [-0.39, 0.29) is 5.91 Å². The van der Waals surface area contributed by atoms with Gasteiger partial charge in [0.1, 0.15) is 5.75 Å². The van der Waals surface area contributed by atoms with E-state index < -0.39 is 0 Å². The summed E-state index contributed by atoms with van der Waals surface area (Å²) in [6.07, 6.45) is 3.11. The van der Waals surface area contributed by atoms with Crippen LogP contribution in [-0.4, -0.2) is 40.4 Å². The van der Waals surface area contributed by atoms with Gasteiger partial charge in [-0.05, 0) is 57.0 Å². The van der Waals surface area contributed by atoms with Gasteiger partial charge in [0, 0.05) is 19.4 Å². The molecule has 2 N–H and O–H groups in total. The number of piperidine rings is 1. The van der Waals surface area contributed by atoms with Gasteiger partial charge < -0.3 is 10.1 Å². The molecule has 140 valence electrons. The molecule has 26 heavy (non-hydrogen) atoms. The van der Waals surface area contributed by atoms with E-state index in [1.807, 2.05) is 38.2 Å². The molecule has 1 aromatic carbocycles. The molecule has 0 bridgehead atoms. The van der Waals surface area contributed by atoms with Crippen LogP contribution in [0.5, 0.6) is 5.75 Å². The van der Waals surface area contributed by atoms with E-state index in [0.717, 1.165) is 43.1 Å². The number of nitrogens with one attached hydrogen (secondary N) is 2. The number of nitrogens with zero attached hydrogens (tertiary/aromatic N) is 3. The van der Waals surface area contributed by atoms with E-state index in [1.165, 1.54) is 0 Å². The van der Waals surface area contributed by atoms with Crippen LogP contribution in [0.4, 0.5) is 5.95 Å². The fourth-order valence-corrected chi connectivity index (χ4v) is 3.08. The number of benzene rings is 1. The molecular formula is C19H27N5O2. The zero-order valence-corrected chi connectivity index (χ0v) is 15.5. The first kappa shape index (κ1) is 18.4. The van der Waals surface area contributed by atoms with Crippen molar-refractivity contribution < 1.29 is 9.53 Å². The van der Waals surface area contributed by atoms with Crippen molar-refractivity contribution in [3.8, 4) is 5.75 Å². The Morgan fingerprint density at radius 3 is 2.96 bits per heavy atom. The summed E-state index contributed by atoms with van der Waals surface area (Å²) in [7, 11) is 1.81. The number of hydrogen-bond donors (Lipinski definition) is 2. The average molecular weight is 357 g/mol. The molecule has 1 saturated heterocycles. The fourth-order valence-electron chi connectivity index (χ4n) is 3.08. The summed E-state index contributed by atoms with van der Waals surface area (Å²) < 4.78 is 7.33. The number of rotatable bonds is 7. The number of amides is 1. The summed E-state index contributed by atoms with van der Waals surface area (Å²) in [6.45, 7) is 4.52. The van der Waals surface area contributed by atoms with Gasteiger partial charge in [-0.3, -0.25) is 10.1 Å². The Morgan fingerprint density at radius 2 is 2.19 bits per heavy atom. The van der Waals surface area contributed by atoms with Gasteiger partial charge in [-0.1, -0.05) is 12.1 Å². The van der Waals surface area contributed by atoms with E-state index in [2.05, 4.69) is 20.7 Å². The van der Waals surface area contributed by atoms with Crippen LogP contribution in [0.25, 0.3) is 0 Å². The lowest BCUT2D eigenvalue weighted by atomic mass is 9.98. The van der Waals surface area contributed by atoms with Crippen molar-refractivity contribution in [2.75, 3.05) is 25.0 Å². The highest BCUT2D eigenvalue weighted by Crippen LogP contribution is 2.23. The van der Waals surface area contributed by atoms with Crippen LogP contribution >= 0.6 is 0 Å². The molecule has 1 aromatic heterocycles. The largest absolute Gasteiger partial charge is 0.494 e. The highest BCUT2D eigenvalue weighted by Gasteiger charge is 2.21. The van der Waals surface area contributed by atoms with Gasteiger partial charge in [0.2, 0.25) is 11.9 Å². The smallest absolute Gasteiger partial charge is 0.227 e. The summed E-state index contributed by atoms with van der Waals surface area (Å²) in [5.74, 6) is 2.49. The second-order valence-corrected chi connectivity index (χ2v) is 6.76. The molecule has 7 nitrogen and oxygen atoms in total. The van der Waals surface area contributed by atoms with Gasteiger partial charge in [0.15, 0.2) is 5.82 Å². The Labute approximate surface area is 154 Å². The number of carbonyl (C=O) groups excluding carboxylic acids is 1. The van der Waals surface area contributed by atoms with E-state index in [1.54, 1.807) is 4.68 Å². The van der Waals surface area contributed by atoms with Gasteiger partial charge in [-0.15, -0.1) is 0 Å². The number of anilines is 1. The van der Waals surface area contributed by atoms with Crippen molar-refractivity contribution in [1.82, 2.24) is 20.1 Å². The van der Waals surface area contributed by atoms with Crippen molar-refractivity contribution in [2.24, 2.45) is 7.05 Å². The van der Waals surface area contributed by atoms with Gasteiger partial charge in [-0.25, -0.2) is 4.68 Å². The summed E-state index contributed by atoms with van der Waals surface area (Å²) in [4.78, 5) is 16.7. The number of ether oxygens (including phenoxy) is 1. The highest BCUT2D eigenvalue weighted by molar-refractivity contribution is 5.88. The zero-order valence-electron chi connectivity index (χ0n) is 15.5. The van der Waals surface area contributed by atoms with Crippen LogP contribution in [0.3, 0.4) is 0 Å². The number of aromatic nitrogens is 3. The molecule has 2 heterocycles. The molecule has 2 aromatic rings. The molecule has 0 aliphatic carbocycles.